The fourth-order valence-electron chi connectivity index (χ4n) is 5.41. The molecule has 1 fully saturated rings. The van der Waals surface area contributed by atoms with Crippen molar-refractivity contribution in [3.63, 3.8) is 0 Å². The van der Waals surface area contributed by atoms with Gasteiger partial charge < -0.3 is 0 Å². The van der Waals surface area contributed by atoms with Gasteiger partial charge in [0.15, 0.2) is 0 Å². The molecule has 212 valence electrons. The molecule has 3 atom stereocenters. The van der Waals surface area contributed by atoms with Gasteiger partial charge in [-0.3, -0.25) is 0 Å². The van der Waals surface area contributed by atoms with Gasteiger partial charge in [0.25, 0.3) is 0 Å². The third-order valence-corrected chi connectivity index (χ3v) is 21.8. The third kappa shape index (κ3) is 14.1. The number of piperidine rings is 1. The zero-order valence-electron chi connectivity index (χ0n) is 24.4. The molecule has 0 aromatic carbocycles. The summed E-state index contributed by atoms with van der Waals surface area (Å²) in [6.45, 7) is 11.6. The van der Waals surface area contributed by atoms with E-state index in [-0.39, 0.29) is 30.9 Å². The van der Waals surface area contributed by atoms with Crippen LogP contribution in [-0.2, 0) is 23.7 Å². The summed E-state index contributed by atoms with van der Waals surface area (Å²) in [7, 11) is 3.81. The van der Waals surface area contributed by atoms with Crippen LogP contribution in [0.4, 0.5) is 0 Å². The van der Waals surface area contributed by atoms with Crippen LogP contribution < -0.4 is 0 Å². The molecule has 1 rings (SSSR count). The second-order valence-electron chi connectivity index (χ2n) is 10.7. The molecular weight excluding hydrogens is 561 g/mol. The molecule has 6 nitrogen and oxygen atoms in total. The van der Waals surface area contributed by atoms with Crippen molar-refractivity contribution in [2.24, 2.45) is 5.92 Å². The van der Waals surface area contributed by atoms with E-state index in [0.29, 0.717) is 13.2 Å². The first-order valence-corrected chi connectivity index (χ1v) is 22.3. The summed E-state index contributed by atoms with van der Waals surface area (Å²) < 4.78 is 30.1. The number of carbonyl (C=O) groups is 1. The Morgan fingerprint density at radius 2 is 1.69 bits per heavy atom. The number of methoxy groups -OCH3 is 1. The molecule has 1 aliphatic heterocycles. The molecule has 1 heterocycles. The number of esters is 1. The molecule has 0 N–H and O–H groups in total. The zero-order valence-corrected chi connectivity index (χ0v) is 27.3. The van der Waals surface area contributed by atoms with E-state index in [1.807, 2.05) is 0 Å². The van der Waals surface area contributed by atoms with Crippen LogP contribution in [0.1, 0.15) is 85.5 Å². The standard InChI is InChI=1S/C17H30NO5.3C4H9.Sn/c1-5-6-7-16(22-13-21-11-10-20-4)15-12-18(3)9-8-17(15)23-14(2)19;3*1-3-4-2;/h1,5,15-17H,6-13H2,2-4H3;3*1,3-4H2,2H3;. The maximum atomic E-state index is 11.8. The molecule has 0 aliphatic carbocycles. The van der Waals surface area contributed by atoms with Crippen LogP contribution in [0, 0.1) is 5.92 Å². The predicted octanol–water partition coefficient (Wildman–Crippen LogP) is 6.60. The quantitative estimate of drug-likeness (QED) is 0.0626. The van der Waals surface area contributed by atoms with Crippen molar-refractivity contribution in [3.8, 4) is 0 Å². The summed E-state index contributed by atoms with van der Waals surface area (Å²) in [6.07, 6.45) is 13.3. The normalized spacial score (nSPS) is 20.2. The molecule has 36 heavy (non-hydrogen) atoms. The predicted molar refractivity (Wildman–Crippen MR) is 152 cm³/mol. The first-order valence-electron chi connectivity index (χ1n) is 14.6. The zero-order chi connectivity index (χ0) is 26.7. The average Bonchev–Trinajstić information content (AvgIpc) is 2.86. The number of hydrogen-bond acceptors (Lipinski definition) is 6. The Hall–Kier alpha value is -0.151. The van der Waals surface area contributed by atoms with Crippen LogP contribution in [0.5, 0.6) is 0 Å². The van der Waals surface area contributed by atoms with E-state index in [1.54, 1.807) is 7.11 Å². The van der Waals surface area contributed by atoms with Gasteiger partial charge in [-0.1, -0.05) is 0 Å². The number of rotatable bonds is 21. The molecule has 0 aromatic heterocycles. The number of unbranched alkanes of at least 4 members (excludes halogenated alkanes) is 3. The Labute approximate surface area is 226 Å². The third-order valence-electron chi connectivity index (χ3n) is 7.56. The van der Waals surface area contributed by atoms with Crippen molar-refractivity contribution in [2.45, 2.75) is 111 Å². The average molecular weight is 618 g/mol. The van der Waals surface area contributed by atoms with Gasteiger partial charge in [-0.05, 0) is 0 Å². The summed E-state index contributed by atoms with van der Waals surface area (Å²) in [5, 5.41) is 0. The van der Waals surface area contributed by atoms with Crippen LogP contribution in [0.3, 0.4) is 0 Å². The number of allylic oxidation sites excluding steroid dienone is 1. The molecule has 1 aliphatic rings. The van der Waals surface area contributed by atoms with E-state index < -0.39 is 18.4 Å². The Kier molecular flexibility index (Phi) is 19.5. The van der Waals surface area contributed by atoms with E-state index in [0.717, 1.165) is 32.4 Å². The van der Waals surface area contributed by atoms with Gasteiger partial charge in [0, 0.05) is 0 Å². The Morgan fingerprint density at radius 1 is 1.06 bits per heavy atom. The minimum atomic E-state index is -2.28. The summed E-state index contributed by atoms with van der Waals surface area (Å²) in [5.74, 6) is -0.0493. The molecule has 7 heteroatoms. The Balaban J connectivity index is 2.93. The summed E-state index contributed by atoms with van der Waals surface area (Å²) in [4.78, 5) is 14.1. The fraction of sp³-hybridized carbons (Fsp3) is 0.897. The van der Waals surface area contributed by atoms with Crippen molar-refractivity contribution in [3.05, 3.63) is 10.2 Å². The maximum absolute atomic E-state index is 11.8. The molecule has 0 bridgehead atoms. The first-order chi connectivity index (χ1) is 17.4. The van der Waals surface area contributed by atoms with Crippen LogP contribution >= 0.6 is 0 Å². The first kappa shape index (κ1) is 33.9. The molecule has 0 saturated carbocycles. The van der Waals surface area contributed by atoms with Gasteiger partial charge in [-0.15, -0.1) is 0 Å². The van der Waals surface area contributed by atoms with Crippen molar-refractivity contribution >= 4 is 24.3 Å². The summed E-state index contributed by atoms with van der Waals surface area (Å²) in [6, 6.07) is 0. The van der Waals surface area contributed by atoms with E-state index in [9.17, 15) is 4.79 Å². The molecular formula is C29H57NO5Sn. The van der Waals surface area contributed by atoms with Crippen LogP contribution in [0.15, 0.2) is 10.2 Å². The fourth-order valence-corrected chi connectivity index (χ4v) is 19.9. The van der Waals surface area contributed by atoms with Crippen molar-refractivity contribution in [2.75, 3.05) is 47.3 Å². The topological polar surface area (TPSA) is 57.2 Å². The minimum absolute atomic E-state index is 0.00387. The van der Waals surface area contributed by atoms with Crippen molar-refractivity contribution in [1.82, 2.24) is 4.90 Å². The van der Waals surface area contributed by atoms with Gasteiger partial charge in [-0.25, -0.2) is 0 Å². The van der Waals surface area contributed by atoms with Gasteiger partial charge in [-0.2, -0.15) is 0 Å². The molecule has 3 unspecified atom stereocenters. The van der Waals surface area contributed by atoms with Crippen molar-refractivity contribution in [1.29, 1.82) is 0 Å². The van der Waals surface area contributed by atoms with Gasteiger partial charge >= 0.3 is 227 Å². The summed E-state index contributed by atoms with van der Waals surface area (Å²) >= 11 is -2.28. The molecule has 0 radical (unpaired) electrons. The number of nitrogens with zero attached hydrogens (tertiary/aromatic N) is 1. The molecule has 0 spiro atoms. The number of likely N-dealkylation sites (tertiary alicyclic amines) is 1. The van der Waals surface area contributed by atoms with Crippen LogP contribution in [-0.4, -0.2) is 88.7 Å². The second kappa shape index (κ2) is 20.8. The van der Waals surface area contributed by atoms with Gasteiger partial charge in [0.2, 0.25) is 0 Å². The van der Waals surface area contributed by atoms with E-state index in [2.05, 4.69) is 42.9 Å². The van der Waals surface area contributed by atoms with E-state index in [4.69, 9.17) is 18.9 Å². The molecule has 1 saturated heterocycles. The van der Waals surface area contributed by atoms with Crippen molar-refractivity contribution < 1.29 is 23.7 Å². The number of ether oxygens (including phenoxy) is 4. The SMILES string of the molecule is CCC[CH2][Sn]([CH]=CCCC(OCOCCOC)C1CN(C)CCC1OC(C)=O)([CH2]CCC)[CH2]CCC. The monoisotopic (exact) mass is 619 g/mol. The van der Waals surface area contributed by atoms with E-state index in [1.165, 1.54) is 58.8 Å². The van der Waals surface area contributed by atoms with E-state index >= 15 is 0 Å². The molecule has 0 aromatic rings. The Bertz CT molecular complexity index is 566. The van der Waals surface area contributed by atoms with Gasteiger partial charge in [0.05, 0.1) is 0 Å². The number of hydrogen-bond donors (Lipinski definition) is 0. The van der Waals surface area contributed by atoms with Crippen LogP contribution in [0.2, 0.25) is 13.3 Å². The Morgan fingerprint density at radius 3 is 2.25 bits per heavy atom. The number of carbonyl (C=O) groups excluding carboxylic acids is 1. The molecule has 0 amide bonds. The van der Waals surface area contributed by atoms with Crippen LogP contribution in [0.25, 0.3) is 0 Å². The van der Waals surface area contributed by atoms with Gasteiger partial charge in [0.1, 0.15) is 0 Å². The summed E-state index contributed by atoms with van der Waals surface area (Å²) in [5.41, 5.74) is 0. The second-order valence-corrected chi connectivity index (χ2v) is 23.7.